The normalized spacial score (nSPS) is 31.8. The molecule has 2 rings (SSSR count). The number of ether oxygens (including phenoxy) is 1. The second kappa shape index (κ2) is 4.94. The van der Waals surface area contributed by atoms with Crippen LogP contribution in [0.5, 0.6) is 0 Å². The van der Waals surface area contributed by atoms with Gasteiger partial charge in [0.2, 0.25) is 0 Å². The van der Waals surface area contributed by atoms with Gasteiger partial charge in [0.15, 0.2) is 6.23 Å². The first-order valence-electron chi connectivity index (χ1n) is 5.09. The highest BCUT2D eigenvalue weighted by molar-refractivity contribution is 9.10. The highest BCUT2D eigenvalue weighted by Gasteiger charge is 2.43. The Hall–Kier alpha value is -1.00. The van der Waals surface area contributed by atoms with Crippen molar-refractivity contribution in [3.05, 3.63) is 31.5 Å². The van der Waals surface area contributed by atoms with Crippen molar-refractivity contribution in [2.45, 2.75) is 24.5 Å². The molecule has 2 heterocycles. The minimum Gasteiger partial charge on any atom is -0.394 e. The van der Waals surface area contributed by atoms with Gasteiger partial charge in [0.1, 0.15) is 18.3 Å². The van der Waals surface area contributed by atoms with E-state index in [2.05, 4.69) is 15.9 Å². The molecule has 1 fully saturated rings. The molecule has 0 bridgehead atoms. The molecule has 18 heavy (non-hydrogen) atoms. The summed E-state index contributed by atoms with van der Waals surface area (Å²) in [6.45, 7) is -0.492. The summed E-state index contributed by atoms with van der Waals surface area (Å²) in [5.41, 5.74) is -1.39. The number of nitrogens with one attached hydrogen (secondary N) is 1. The Balaban J connectivity index is 2.42. The van der Waals surface area contributed by atoms with Crippen LogP contribution in [0.25, 0.3) is 0 Å². The number of aromatic amines is 1. The topological polar surface area (TPSA) is 125 Å². The van der Waals surface area contributed by atoms with Crippen molar-refractivity contribution in [3.8, 4) is 0 Å². The second-order valence-corrected chi connectivity index (χ2v) is 4.73. The van der Waals surface area contributed by atoms with Crippen molar-refractivity contribution < 1.29 is 20.1 Å². The number of hydrogen-bond acceptors (Lipinski definition) is 6. The highest BCUT2D eigenvalue weighted by Crippen LogP contribution is 2.28. The second-order valence-electron chi connectivity index (χ2n) is 3.87. The fourth-order valence-electron chi connectivity index (χ4n) is 1.76. The molecule has 0 spiro atoms. The van der Waals surface area contributed by atoms with E-state index in [0.717, 1.165) is 10.8 Å². The van der Waals surface area contributed by atoms with Gasteiger partial charge in [-0.05, 0) is 15.9 Å². The van der Waals surface area contributed by atoms with Gasteiger partial charge in [0, 0.05) is 6.20 Å². The Bertz CT molecular complexity index is 555. The summed E-state index contributed by atoms with van der Waals surface area (Å²) < 4.78 is 6.19. The summed E-state index contributed by atoms with van der Waals surface area (Å²) in [5.74, 6) is 0. The standard InChI is InChI=1S/C9H11BrN2O6/c10-3-1-12(9(17)11-7(3)16)8-6(15)5(14)4(2-13)18-8/h1,4-6,8,13-15H,2H2,(H,11,16,17)/t4-,5+,6?,8-/m1/s1. The zero-order valence-electron chi connectivity index (χ0n) is 8.99. The van der Waals surface area contributed by atoms with Gasteiger partial charge in [-0.1, -0.05) is 0 Å². The van der Waals surface area contributed by atoms with E-state index in [4.69, 9.17) is 9.84 Å². The van der Waals surface area contributed by atoms with Gasteiger partial charge >= 0.3 is 5.69 Å². The number of H-pyrrole nitrogens is 1. The molecule has 4 atom stereocenters. The van der Waals surface area contributed by atoms with Gasteiger partial charge in [0.05, 0.1) is 11.1 Å². The molecule has 0 aromatic carbocycles. The number of hydrogen-bond donors (Lipinski definition) is 4. The van der Waals surface area contributed by atoms with Gasteiger partial charge in [-0.25, -0.2) is 4.79 Å². The SMILES string of the molecule is O=c1[nH]c(=O)n([C@@H]2O[C@H](CO)[C@H](O)C2O)cc1Br. The molecule has 1 unspecified atom stereocenters. The predicted molar refractivity (Wildman–Crippen MR) is 62.0 cm³/mol. The van der Waals surface area contributed by atoms with E-state index >= 15 is 0 Å². The number of aromatic nitrogens is 2. The van der Waals surface area contributed by atoms with Crippen molar-refractivity contribution in [3.63, 3.8) is 0 Å². The average molecular weight is 323 g/mol. The van der Waals surface area contributed by atoms with E-state index in [1.54, 1.807) is 0 Å². The zero-order valence-corrected chi connectivity index (χ0v) is 10.6. The van der Waals surface area contributed by atoms with Crippen LogP contribution < -0.4 is 11.2 Å². The average Bonchev–Trinajstić information content (AvgIpc) is 2.61. The van der Waals surface area contributed by atoms with E-state index in [0.29, 0.717) is 0 Å². The Morgan fingerprint density at radius 2 is 2.06 bits per heavy atom. The van der Waals surface area contributed by atoms with Crippen molar-refractivity contribution >= 4 is 15.9 Å². The van der Waals surface area contributed by atoms with Crippen LogP contribution in [0.2, 0.25) is 0 Å². The van der Waals surface area contributed by atoms with Crippen molar-refractivity contribution in [2.75, 3.05) is 6.61 Å². The lowest BCUT2D eigenvalue weighted by Gasteiger charge is -2.17. The molecule has 8 nitrogen and oxygen atoms in total. The molecule has 1 aromatic heterocycles. The van der Waals surface area contributed by atoms with Crippen LogP contribution in [-0.4, -0.2) is 49.8 Å². The number of aliphatic hydroxyl groups is 3. The molecule has 0 saturated carbocycles. The molecule has 1 aliphatic rings. The summed E-state index contributed by atoms with van der Waals surface area (Å²) in [4.78, 5) is 24.8. The van der Waals surface area contributed by atoms with Crippen LogP contribution in [0.4, 0.5) is 0 Å². The first-order valence-corrected chi connectivity index (χ1v) is 5.88. The molecule has 1 aromatic rings. The Morgan fingerprint density at radius 3 is 2.61 bits per heavy atom. The van der Waals surface area contributed by atoms with Crippen LogP contribution >= 0.6 is 15.9 Å². The third-order valence-electron chi connectivity index (χ3n) is 2.72. The molecule has 0 amide bonds. The maximum absolute atomic E-state index is 11.6. The van der Waals surface area contributed by atoms with Crippen LogP contribution in [0.15, 0.2) is 20.3 Å². The quantitative estimate of drug-likeness (QED) is 0.495. The van der Waals surface area contributed by atoms with Crippen LogP contribution in [0, 0.1) is 0 Å². The van der Waals surface area contributed by atoms with E-state index in [9.17, 15) is 19.8 Å². The summed E-state index contributed by atoms with van der Waals surface area (Å²) in [6.07, 6.45) is -3.68. The van der Waals surface area contributed by atoms with Crippen molar-refractivity contribution in [1.29, 1.82) is 0 Å². The lowest BCUT2D eigenvalue weighted by atomic mass is 10.1. The lowest BCUT2D eigenvalue weighted by Crippen LogP contribution is -2.38. The van der Waals surface area contributed by atoms with Gasteiger partial charge < -0.3 is 20.1 Å². The van der Waals surface area contributed by atoms with Gasteiger partial charge in [-0.3, -0.25) is 14.3 Å². The fraction of sp³-hybridized carbons (Fsp3) is 0.556. The van der Waals surface area contributed by atoms with Gasteiger partial charge in [-0.2, -0.15) is 0 Å². The fourth-order valence-corrected chi connectivity index (χ4v) is 2.08. The van der Waals surface area contributed by atoms with Crippen LogP contribution in [0.3, 0.4) is 0 Å². The van der Waals surface area contributed by atoms with E-state index in [-0.39, 0.29) is 4.47 Å². The van der Waals surface area contributed by atoms with E-state index in [1.807, 2.05) is 4.98 Å². The molecule has 0 aliphatic carbocycles. The maximum atomic E-state index is 11.6. The first kappa shape index (κ1) is 13.4. The summed E-state index contributed by atoms with van der Waals surface area (Å²) in [7, 11) is 0. The smallest absolute Gasteiger partial charge is 0.330 e. The number of aliphatic hydroxyl groups excluding tert-OH is 3. The number of rotatable bonds is 2. The first-order chi connectivity index (χ1) is 8.45. The summed E-state index contributed by atoms with van der Waals surface area (Å²) in [6, 6.07) is 0. The molecule has 1 aliphatic heterocycles. The minimum absolute atomic E-state index is 0.0832. The molecule has 0 radical (unpaired) electrons. The summed E-state index contributed by atoms with van der Waals surface area (Å²) >= 11 is 2.94. The maximum Gasteiger partial charge on any atom is 0.330 e. The zero-order chi connectivity index (χ0) is 13.4. The van der Waals surface area contributed by atoms with Crippen LogP contribution in [0.1, 0.15) is 6.23 Å². The molecule has 9 heteroatoms. The van der Waals surface area contributed by atoms with E-state index in [1.165, 1.54) is 0 Å². The predicted octanol–water partition coefficient (Wildman–Crippen LogP) is -2.09. The van der Waals surface area contributed by atoms with E-state index < -0.39 is 42.4 Å². The lowest BCUT2D eigenvalue weighted by molar-refractivity contribution is -0.0551. The third-order valence-corrected chi connectivity index (χ3v) is 3.28. The van der Waals surface area contributed by atoms with Crippen LogP contribution in [-0.2, 0) is 4.74 Å². The Morgan fingerprint density at radius 1 is 1.39 bits per heavy atom. The Kier molecular flexibility index (Phi) is 3.69. The largest absolute Gasteiger partial charge is 0.394 e. The Labute approximate surface area is 109 Å². The number of nitrogens with zero attached hydrogens (tertiary/aromatic N) is 1. The number of halogens is 1. The molecular weight excluding hydrogens is 312 g/mol. The molecule has 1 saturated heterocycles. The van der Waals surface area contributed by atoms with Crippen molar-refractivity contribution in [2.24, 2.45) is 0 Å². The van der Waals surface area contributed by atoms with Gasteiger partial charge in [0.25, 0.3) is 5.56 Å². The summed E-state index contributed by atoms with van der Waals surface area (Å²) in [5, 5.41) is 28.3. The molecule has 4 N–H and O–H groups in total. The molecular formula is C9H11BrN2O6. The van der Waals surface area contributed by atoms with Crippen molar-refractivity contribution in [1.82, 2.24) is 9.55 Å². The minimum atomic E-state index is -1.38. The highest BCUT2D eigenvalue weighted by atomic mass is 79.9. The van der Waals surface area contributed by atoms with Gasteiger partial charge in [-0.15, -0.1) is 0 Å². The monoisotopic (exact) mass is 322 g/mol. The molecule has 100 valence electrons. The third kappa shape index (κ3) is 2.15.